The van der Waals surface area contributed by atoms with Gasteiger partial charge in [0.1, 0.15) is 19.0 Å². The average Bonchev–Trinajstić information content (AvgIpc) is 2.77. The summed E-state index contributed by atoms with van der Waals surface area (Å²) in [5.74, 6) is 0.0565. The Hall–Kier alpha value is -2.65. The largest absolute Gasteiger partial charge is 0.491 e. The summed E-state index contributed by atoms with van der Waals surface area (Å²) in [7, 11) is 4.83. The average molecular weight is 476 g/mol. The lowest BCUT2D eigenvalue weighted by Gasteiger charge is -2.36. The molecule has 3 rings (SSSR count). The van der Waals surface area contributed by atoms with Crippen molar-refractivity contribution in [1.82, 2.24) is 9.80 Å². The van der Waals surface area contributed by atoms with Crippen LogP contribution in [0.2, 0.25) is 0 Å². The molecule has 1 fully saturated rings. The first-order chi connectivity index (χ1) is 16.2. The van der Waals surface area contributed by atoms with Crippen LogP contribution in [0.25, 0.3) is 0 Å². The Morgan fingerprint density at radius 3 is 2.53 bits per heavy atom. The lowest BCUT2D eigenvalue weighted by atomic mass is 9.85. The Balaban J connectivity index is 1.91. The van der Waals surface area contributed by atoms with Crippen molar-refractivity contribution in [2.45, 2.75) is 45.3 Å². The summed E-state index contributed by atoms with van der Waals surface area (Å²) in [4.78, 5) is 41.8. The molecule has 9 heteroatoms. The van der Waals surface area contributed by atoms with Crippen LogP contribution in [0.1, 0.15) is 43.5 Å². The number of nitrogens with one attached hydrogen (secondary N) is 1. The van der Waals surface area contributed by atoms with Crippen molar-refractivity contribution in [1.29, 1.82) is 0 Å². The minimum absolute atomic E-state index is 0.00979. The maximum atomic E-state index is 13.3. The highest BCUT2D eigenvalue weighted by atomic mass is 16.5. The Morgan fingerprint density at radius 2 is 1.91 bits per heavy atom. The molecule has 9 nitrogen and oxygen atoms in total. The zero-order valence-corrected chi connectivity index (χ0v) is 20.8. The molecule has 0 spiro atoms. The molecule has 0 bridgehead atoms. The summed E-state index contributed by atoms with van der Waals surface area (Å²) in [5.41, 5.74) is 0.982. The van der Waals surface area contributed by atoms with E-state index < -0.39 is 0 Å². The highest BCUT2D eigenvalue weighted by molar-refractivity contribution is 5.99. The SMILES string of the molecule is COCC(=O)N1C[C@@H](C)[C@@H](OC)CN(C)C(=O)c2ccc(NC(=O)C3CCC3)cc2OC[C@@H]1C. The lowest BCUT2D eigenvalue weighted by Crippen LogP contribution is -2.49. The molecular weight excluding hydrogens is 438 g/mol. The number of anilines is 1. The van der Waals surface area contributed by atoms with E-state index >= 15 is 0 Å². The smallest absolute Gasteiger partial charge is 0.257 e. The molecule has 1 aliphatic carbocycles. The number of nitrogens with zero attached hydrogens (tertiary/aromatic N) is 2. The van der Waals surface area contributed by atoms with Gasteiger partial charge in [0.05, 0.1) is 17.7 Å². The van der Waals surface area contributed by atoms with Crippen molar-refractivity contribution in [3.63, 3.8) is 0 Å². The summed E-state index contributed by atoms with van der Waals surface area (Å²) in [5, 5.41) is 2.94. The van der Waals surface area contributed by atoms with Gasteiger partial charge in [-0.2, -0.15) is 0 Å². The predicted molar refractivity (Wildman–Crippen MR) is 128 cm³/mol. The molecule has 1 saturated carbocycles. The molecule has 3 atom stereocenters. The molecule has 34 heavy (non-hydrogen) atoms. The molecule has 0 unspecified atom stereocenters. The molecule has 1 aliphatic heterocycles. The van der Waals surface area contributed by atoms with Crippen LogP contribution in [-0.4, -0.2) is 87.2 Å². The summed E-state index contributed by atoms with van der Waals surface area (Å²) >= 11 is 0. The van der Waals surface area contributed by atoms with Crippen LogP contribution in [0, 0.1) is 11.8 Å². The van der Waals surface area contributed by atoms with Crippen LogP contribution in [0.5, 0.6) is 5.75 Å². The van der Waals surface area contributed by atoms with Gasteiger partial charge in [0.15, 0.2) is 0 Å². The number of methoxy groups -OCH3 is 2. The van der Waals surface area contributed by atoms with Gasteiger partial charge in [-0.25, -0.2) is 0 Å². The maximum absolute atomic E-state index is 13.3. The number of likely N-dealkylation sites (N-methyl/N-ethyl adjacent to an activating group) is 1. The lowest BCUT2D eigenvalue weighted by molar-refractivity contribution is -0.139. The molecule has 0 saturated heterocycles. The molecule has 1 aromatic carbocycles. The Morgan fingerprint density at radius 1 is 1.18 bits per heavy atom. The van der Waals surface area contributed by atoms with E-state index in [1.165, 1.54) is 7.11 Å². The fraction of sp³-hybridized carbons (Fsp3) is 0.640. The zero-order chi connectivity index (χ0) is 24.8. The van der Waals surface area contributed by atoms with E-state index in [1.54, 1.807) is 42.2 Å². The van der Waals surface area contributed by atoms with Crippen LogP contribution >= 0.6 is 0 Å². The topological polar surface area (TPSA) is 97.4 Å². The summed E-state index contributed by atoms with van der Waals surface area (Å²) in [6.07, 6.45) is 2.62. The molecular formula is C25H37N3O6. The number of hydrogen-bond donors (Lipinski definition) is 1. The highest BCUT2D eigenvalue weighted by Crippen LogP contribution is 2.30. The molecule has 188 valence electrons. The van der Waals surface area contributed by atoms with Gasteiger partial charge < -0.3 is 29.3 Å². The second-order valence-electron chi connectivity index (χ2n) is 9.40. The van der Waals surface area contributed by atoms with E-state index in [1.807, 2.05) is 13.8 Å². The minimum atomic E-state index is -0.268. The van der Waals surface area contributed by atoms with Crippen LogP contribution < -0.4 is 10.1 Å². The number of carbonyl (C=O) groups is 3. The fourth-order valence-electron chi connectivity index (χ4n) is 4.32. The third-order valence-electron chi connectivity index (χ3n) is 6.78. The quantitative estimate of drug-likeness (QED) is 0.703. The predicted octanol–water partition coefficient (Wildman–Crippen LogP) is 2.40. The third kappa shape index (κ3) is 6.07. The van der Waals surface area contributed by atoms with Crippen LogP contribution in [0.4, 0.5) is 5.69 Å². The molecule has 1 heterocycles. The summed E-state index contributed by atoms with van der Waals surface area (Å²) in [6, 6.07) is 4.83. The molecule has 0 radical (unpaired) electrons. The number of benzene rings is 1. The molecule has 1 N–H and O–H groups in total. The Kier molecular flexibility index (Phi) is 8.90. The number of hydrogen-bond acceptors (Lipinski definition) is 6. The van der Waals surface area contributed by atoms with Gasteiger partial charge in [0.25, 0.3) is 5.91 Å². The second kappa shape index (κ2) is 11.7. The number of ether oxygens (including phenoxy) is 3. The van der Waals surface area contributed by atoms with Gasteiger partial charge in [-0.3, -0.25) is 14.4 Å². The monoisotopic (exact) mass is 475 g/mol. The molecule has 2 aliphatic rings. The first kappa shape index (κ1) is 26.0. The highest BCUT2D eigenvalue weighted by Gasteiger charge is 2.31. The normalized spacial score (nSPS) is 24.3. The number of rotatable bonds is 5. The van der Waals surface area contributed by atoms with Gasteiger partial charge in [0, 0.05) is 57.9 Å². The van der Waals surface area contributed by atoms with Gasteiger partial charge in [-0.1, -0.05) is 13.3 Å². The maximum Gasteiger partial charge on any atom is 0.257 e. The van der Waals surface area contributed by atoms with Gasteiger partial charge in [0.2, 0.25) is 11.8 Å². The van der Waals surface area contributed by atoms with Crippen molar-refractivity contribution >= 4 is 23.4 Å². The zero-order valence-electron chi connectivity index (χ0n) is 20.8. The Bertz CT molecular complexity index is 887. The first-order valence-corrected chi connectivity index (χ1v) is 11.9. The molecule has 0 aromatic heterocycles. The van der Waals surface area contributed by atoms with E-state index in [4.69, 9.17) is 14.2 Å². The fourth-order valence-corrected chi connectivity index (χ4v) is 4.32. The first-order valence-electron chi connectivity index (χ1n) is 11.9. The van der Waals surface area contributed by atoms with Crippen molar-refractivity contribution in [3.8, 4) is 5.75 Å². The van der Waals surface area contributed by atoms with Gasteiger partial charge in [-0.15, -0.1) is 0 Å². The van der Waals surface area contributed by atoms with Crippen molar-refractivity contribution < 1.29 is 28.6 Å². The van der Waals surface area contributed by atoms with E-state index in [9.17, 15) is 14.4 Å². The van der Waals surface area contributed by atoms with E-state index in [-0.39, 0.29) is 54.9 Å². The van der Waals surface area contributed by atoms with Crippen LogP contribution in [0.15, 0.2) is 18.2 Å². The summed E-state index contributed by atoms with van der Waals surface area (Å²) < 4.78 is 16.9. The van der Waals surface area contributed by atoms with Crippen molar-refractivity contribution in [2.24, 2.45) is 11.8 Å². The third-order valence-corrected chi connectivity index (χ3v) is 6.78. The van der Waals surface area contributed by atoms with Crippen LogP contribution in [0.3, 0.4) is 0 Å². The molecule has 1 aromatic rings. The van der Waals surface area contributed by atoms with Crippen molar-refractivity contribution in [2.75, 3.05) is 52.9 Å². The van der Waals surface area contributed by atoms with Crippen LogP contribution in [-0.2, 0) is 19.1 Å². The minimum Gasteiger partial charge on any atom is -0.491 e. The number of amides is 3. The molecule has 3 amide bonds. The number of fused-ring (bicyclic) bond motifs is 1. The summed E-state index contributed by atoms with van der Waals surface area (Å²) in [6.45, 7) is 4.87. The number of carbonyl (C=O) groups excluding carboxylic acids is 3. The Labute approximate surface area is 201 Å². The van der Waals surface area contributed by atoms with Crippen molar-refractivity contribution in [3.05, 3.63) is 23.8 Å². The van der Waals surface area contributed by atoms with Gasteiger partial charge in [-0.05, 0) is 31.9 Å². The second-order valence-corrected chi connectivity index (χ2v) is 9.40. The van der Waals surface area contributed by atoms with E-state index in [0.29, 0.717) is 30.1 Å². The standard InChI is InChI=1S/C25H37N3O6/c1-16-12-28(23(29)15-32-4)17(2)14-34-21-11-19(26-24(30)18-7-6-8-18)9-10-20(21)25(31)27(3)13-22(16)33-5/h9-11,16-18,22H,6-8,12-15H2,1-5H3,(H,26,30)/t16-,17+,22+/m1/s1. The van der Waals surface area contributed by atoms with Gasteiger partial charge >= 0.3 is 0 Å². The van der Waals surface area contributed by atoms with E-state index in [0.717, 1.165) is 19.3 Å². The van der Waals surface area contributed by atoms with E-state index in [2.05, 4.69) is 5.32 Å².